The van der Waals surface area contributed by atoms with Crippen LogP contribution in [0.4, 0.5) is 8.78 Å². The lowest BCUT2D eigenvalue weighted by molar-refractivity contribution is 0.532. The zero-order valence-corrected chi connectivity index (χ0v) is 7.71. The van der Waals surface area contributed by atoms with Crippen molar-refractivity contribution in [3.05, 3.63) is 35.4 Å². The van der Waals surface area contributed by atoms with Crippen LogP contribution in [0.15, 0.2) is 23.2 Å². The van der Waals surface area contributed by atoms with Crippen LogP contribution in [0.2, 0.25) is 0 Å². The van der Waals surface area contributed by atoms with Crippen molar-refractivity contribution in [2.24, 2.45) is 4.99 Å². The normalized spacial score (nSPS) is 21.1. The topological polar surface area (TPSA) is 12.4 Å². The van der Waals surface area contributed by atoms with E-state index in [2.05, 4.69) is 4.99 Å². The van der Waals surface area contributed by atoms with Crippen LogP contribution in [0.3, 0.4) is 0 Å². The zero-order chi connectivity index (χ0) is 9.97. The second-order valence-electron chi connectivity index (χ2n) is 3.44. The highest BCUT2D eigenvalue weighted by atomic mass is 19.1. The van der Waals surface area contributed by atoms with Crippen molar-refractivity contribution < 1.29 is 8.78 Å². The summed E-state index contributed by atoms with van der Waals surface area (Å²) in [5.74, 6) is -1.03. The molecule has 0 saturated heterocycles. The lowest BCUT2D eigenvalue weighted by Gasteiger charge is -2.16. The molecule has 2 rings (SSSR count). The van der Waals surface area contributed by atoms with Crippen molar-refractivity contribution in [2.75, 3.05) is 0 Å². The molecule has 0 saturated carbocycles. The summed E-state index contributed by atoms with van der Waals surface area (Å²) in [6.45, 7) is 0. The van der Waals surface area contributed by atoms with Gasteiger partial charge in [0.05, 0.1) is 6.04 Å². The van der Waals surface area contributed by atoms with Crippen LogP contribution in [-0.2, 0) is 0 Å². The van der Waals surface area contributed by atoms with Gasteiger partial charge in [0, 0.05) is 11.6 Å². The molecular weight excluding hydrogens is 184 g/mol. The number of aliphatic imine (C=N–C) groups is 1. The molecule has 1 aromatic rings. The minimum absolute atomic E-state index is 0.121. The van der Waals surface area contributed by atoms with E-state index in [0.717, 1.165) is 25.3 Å². The summed E-state index contributed by atoms with van der Waals surface area (Å²) in [5.41, 5.74) is 0.502. The fourth-order valence-corrected chi connectivity index (χ4v) is 1.69. The van der Waals surface area contributed by atoms with Gasteiger partial charge in [-0.15, -0.1) is 0 Å². The third kappa shape index (κ3) is 1.81. The molecule has 1 atom stereocenters. The predicted octanol–water partition coefficient (Wildman–Crippen LogP) is 3.26. The van der Waals surface area contributed by atoms with Crippen LogP contribution < -0.4 is 0 Å². The monoisotopic (exact) mass is 195 g/mol. The van der Waals surface area contributed by atoms with Crippen molar-refractivity contribution in [3.8, 4) is 0 Å². The van der Waals surface area contributed by atoms with Crippen molar-refractivity contribution in [1.82, 2.24) is 0 Å². The molecule has 1 aromatic carbocycles. The van der Waals surface area contributed by atoms with Crippen LogP contribution in [0, 0.1) is 11.6 Å². The van der Waals surface area contributed by atoms with Gasteiger partial charge in [-0.05, 0) is 31.5 Å². The lowest BCUT2D eigenvalue weighted by atomic mass is 9.99. The Labute approximate surface area is 81.5 Å². The second kappa shape index (κ2) is 3.86. The highest BCUT2D eigenvalue weighted by molar-refractivity contribution is 5.58. The summed E-state index contributed by atoms with van der Waals surface area (Å²) < 4.78 is 26.0. The summed E-state index contributed by atoms with van der Waals surface area (Å²) >= 11 is 0. The Balaban J connectivity index is 2.31. The van der Waals surface area contributed by atoms with Crippen molar-refractivity contribution in [1.29, 1.82) is 0 Å². The molecule has 1 aliphatic rings. The van der Waals surface area contributed by atoms with Gasteiger partial charge in [-0.3, -0.25) is 4.99 Å². The van der Waals surface area contributed by atoms with E-state index < -0.39 is 11.6 Å². The maximum Gasteiger partial charge on any atom is 0.131 e. The van der Waals surface area contributed by atoms with E-state index >= 15 is 0 Å². The SMILES string of the molecule is Fc1ccc(C2CCCC=N2)c(F)c1. The predicted molar refractivity (Wildman–Crippen MR) is 51.4 cm³/mol. The summed E-state index contributed by atoms with van der Waals surface area (Å²) in [5, 5.41) is 0. The highest BCUT2D eigenvalue weighted by Gasteiger charge is 2.16. The molecule has 0 spiro atoms. The Bertz CT molecular complexity index is 360. The fraction of sp³-hybridized carbons (Fsp3) is 0.364. The average molecular weight is 195 g/mol. The average Bonchev–Trinajstić information content (AvgIpc) is 2.19. The van der Waals surface area contributed by atoms with Gasteiger partial charge in [0.1, 0.15) is 11.6 Å². The molecule has 3 heteroatoms. The Hall–Kier alpha value is -1.25. The molecule has 1 unspecified atom stereocenters. The van der Waals surface area contributed by atoms with Crippen LogP contribution in [0.1, 0.15) is 30.9 Å². The van der Waals surface area contributed by atoms with Gasteiger partial charge in [0.25, 0.3) is 0 Å². The second-order valence-corrected chi connectivity index (χ2v) is 3.44. The van der Waals surface area contributed by atoms with E-state index in [0.29, 0.717) is 5.56 Å². The number of benzene rings is 1. The Morgan fingerprint density at radius 1 is 1.29 bits per heavy atom. The molecule has 1 nitrogen and oxygen atoms in total. The minimum atomic E-state index is -0.536. The molecule has 74 valence electrons. The number of hydrogen-bond acceptors (Lipinski definition) is 1. The molecule has 0 bridgehead atoms. The number of halogens is 2. The summed E-state index contributed by atoms with van der Waals surface area (Å²) in [7, 11) is 0. The minimum Gasteiger partial charge on any atom is -0.289 e. The van der Waals surface area contributed by atoms with Gasteiger partial charge in [-0.1, -0.05) is 6.07 Å². The van der Waals surface area contributed by atoms with Crippen LogP contribution in [0.25, 0.3) is 0 Å². The van der Waals surface area contributed by atoms with E-state index in [1.807, 2.05) is 6.21 Å². The van der Waals surface area contributed by atoms with Gasteiger partial charge in [-0.25, -0.2) is 8.78 Å². The molecule has 14 heavy (non-hydrogen) atoms. The van der Waals surface area contributed by atoms with E-state index in [-0.39, 0.29) is 6.04 Å². The van der Waals surface area contributed by atoms with Gasteiger partial charge >= 0.3 is 0 Å². The van der Waals surface area contributed by atoms with E-state index in [9.17, 15) is 8.78 Å². The maximum absolute atomic E-state index is 13.3. The first kappa shape index (κ1) is 9.31. The molecule has 1 heterocycles. The van der Waals surface area contributed by atoms with Gasteiger partial charge < -0.3 is 0 Å². The first-order valence-corrected chi connectivity index (χ1v) is 4.74. The van der Waals surface area contributed by atoms with Crippen LogP contribution >= 0.6 is 0 Å². The molecule has 0 amide bonds. The molecule has 1 aliphatic heterocycles. The van der Waals surface area contributed by atoms with Crippen LogP contribution in [-0.4, -0.2) is 6.21 Å². The molecular formula is C11H11F2N. The Kier molecular flexibility index (Phi) is 2.57. The quantitative estimate of drug-likeness (QED) is 0.652. The summed E-state index contributed by atoms with van der Waals surface area (Å²) in [6.07, 6.45) is 4.64. The Morgan fingerprint density at radius 3 is 2.79 bits per heavy atom. The van der Waals surface area contributed by atoms with E-state index in [1.54, 1.807) is 0 Å². The molecule has 0 fully saturated rings. The van der Waals surface area contributed by atoms with Crippen LogP contribution in [0.5, 0.6) is 0 Å². The van der Waals surface area contributed by atoms with Crippen molar-refractivity contribution in [3.63, 3.8) is 0 Å². The van der Waals surface area contributed by atoms with Gasteiger partial charge in [0.15, 0.2) is 0 Å². The third-order valence-electron chi connectivity index (χ3n) is 2.42. The third-order valence-corrected chi connectivity index (χ3v) is 2.42. The number of rotatable bonds is 1. The first-order chi connectivity index (χ1) is 6.77. The maximum atomic E-state index is 13.3. The van der Waals surface area contributed by atoms with E-state index in [1.165, 1.54) is 12.1 Å². The number of hydrogen-bond donors (Lipinski definition) is 0. The van der Waals surface area contributed by atoms with Gasteiger partial charge in [-0.2, -0.15) is 0 Å². The highest BCUT2D eigenvalue weighted by Crippen LogP contribution is 2.28. The lowest BCUT2D eigenvalue weighted by Crippen LogP contribution is -2.04. The summed E-state index contributed by atoms with van der Waals surface area (Å²) in [6, 6.07) is 3.56. The van der Waals surface area contributed by atoms with E-state index in [4.69, 9.17) is 0 Å². The molecule has 0 aliphatic carbocycles. The zero-order valence-electron chi connectivity index (χ0n) is 7.71. The standard InChI is InChI=1S/C11H11F2N/c12-8-4-5-9(10(13)7-8)11-3-1-2-6-14-11/h4-7,11H,1-3H2. The first-order valence-electron chi connectivity index (χ1n) is 4.74. The van der Waals surface area contributed by atoms with Crippen molar-refractivity contribution >= 4 is 6.21 Å². The molecule has 0 N–H and O–H groups in total. The van der Waals surface area contributed by atoms with Crippen molar-refractivity contribution in [2.45, 2.75) is 25.3 Å². The largest absolute Gasteiger partial charge is 0.289 e. The molecule has 0 radical (unpaired) electrons. The summed E-state index contributed by atoms with van der Waals surface area (Å²) in [4.78, 5) is 4.20. The van der Waals surface area contributed by atoms with Gasteiger partial charge in [0.2, 0.25) is 0 Å². The fourth-order valence-electron chi connectivity index (χ4n) is 1.69. The molecule has 0 aromatic heterocycles. The number of nitrogens with zero attached hydrogens (tertiary/aromatic N) is 1. The smallest absolute Gasteiger partial charge is 0.131 e. The Morgan fingerprint density at radius 2 is 2.14 bits per heavy atom.